The summed E-state index contributed by atoms with van der Waals surface area (Å²) < 4.78 is 48.4. The third-order valence-electron chi connectivity index (χ3n) is 8.42. The largest absolute Gasteiger partial charge is 0.490 e. The van der Waals surface area contributed by atoms with E-state index in [2.05, 4.69) is 26.8 Å². The Balaban J connectivity index is 1.47. The van der Waals surface area contributed by atoms with E-state index in [0.29, 0.717) is 130 Å². The molecule has 3 aromatic carbocycles. The van der Waals surface area contributed by atoms with E-state index in [4.69, 9.17) is 37.9 Å². The summed E-state index contributed by atoms with van der Waals surface area (Å²) in [6.07, 6.45) is 0.823. The molecule has 6 rings (SSSR count). The lowest BCUT2D eigenvalue weighted by Gasteiger charge is -2.29. The third-order valence-corrected chi connectivity index (χ3v) is 8.42. The van der Waals surface area contributed by atoms with Crippen molar-refractivity contribution in [1.82, 2.24) is 0 Å². The normalized spacial score (nSPS) is 17.8. The van der Waals surface area contributed by atoms with Gasteiger partial charge in [-0.05, 0) is 42.5 Å². The molecular weight excluding hydrogens is 642 g/mol. The van der Waals surface area contributed by atoms with Crippen LogP contribution in [0.4, 0.5) is 17.1 Å². The molecule has 0 radical (unpaired) electrons. The average Bonchev–Trinajstić information content (AvgIpc) is 3.14. The number of carbonyl (C=O) groups is 1. The number of hydrogen-bond acceptors (Lipinski definition) is 12. The second-order valence-electron chi connectivity index (χ2n) is 11.7. The number of ether oxygens (including phenoxy) is 8. The summed E-state index contributed by atoms with van der Waals surface area (Å²) in [5, 5.41) is 0. The molecule has 3 heterocycles. The fourth-order valence-corrected chi connectivity index (χ4v) is 5.83. The average molecular weight is 694 g/mol. The van der Waals surface area contributed by atoms with E-state index >= 15 is 0 Å². The minimum absolute atomic E-state index is 0.347. The van der Waals surface area contributed by atoms with Crippen LogP contribution in [0.5, 0.6) is 17.2 Å². The summed E-state index contributed by atoms with van der Waals surface area (Å²) in [7, 11) is 1.63. The van der Waals surface area contributed by atoms with Gasteiger partial charge in [-0.3, -0.25) is 4.79 Å². The zero-order valence-corrected chi connectivity index (χ0v) is 29.2. The number of benzene rings is 3. The van der Waals surface area contributed by atoms with Gasteiger partial charge in [0.2, 0.25) is 0 Å². The van der Waals surface area contributed by atoms with Gasteiger partial charge in [-0.25, -0.2) is 0 Å². The Morgan fingerprint density at radius 1 is 0.560 bits per heavy atom. The minimum atomic E-state index is 0.347. The van der Waals surface area contributed by atoms with Crippen molar-refractivity contribution in [1.29, 1.82) is 0 Å². The molecule has 0 aliphatic carbocycles. The monoisotopic (exact) mass is 693 g/mol. The number of rotatable bonds is 6. The van der Waals surface area contributed by atoms with Crippen molar-refractivity contribution in [2.45, 2.75) is 0 Å². The molecule has 0 unspecified atom stereocenters. The summed E-state index contributed by atoms with van der Waals surface area (Å²) in [6.45, 7) is 9.46. The molecule has 50 heavy (non-hydrogen) atoms. The molecule has 3 aliphatic rings. The molecule has 2 bridgehead atoms. The highest BCUT2D eigenvalue weighted by Crippen LogP contribution is 2.32. The molecule has 12 nitrogen and oxygen atoms in total. The van der Waals surface area contributed by atoms with Crippen LogP contribution in [0.25, 0.3) is 0 Å². The summed E-state index contributed by atoms with van der Waals surface area (Å²) in [6, 6.07) is 21.6. The minimum Gasteiger partial charge on any atom is -0.490 e. The molecule has 0 saturated carbocycles. The van der Waals surface area contributed by atoms with Crippen molar-refractivity contribution >= 4 is 23.3 Å². The zero-order chi connectivity index (χ0) is 34.6. The van der Waals surface area contributed by atoms with Gasteiger partial charge in [0.15, 0.2) is 0 Å². The van der Waals surface area contributed by atoms with Gasteiger partial charge < -0.3 is 52.6 Å². The van der Waals surface area contributed by atoms with E-state index in [1.807, 2.05) is 42.5 Å². The molecule has 3 aromatic rings. The number of para-hydroxylation sites is 4. The van der Waals surface area contributed by atoms with E-state index in [-0.39, 0.29) is 0 Å². The van der Waals surface area contributed by atoms with E-state index < -0.39 is 0 Å². The molecule has 1 fully saturated rings. The fraction of sp³-hybridized carbons (Fsp3) is 0.500. The molecule has 3 aliphatic heterocycles. The van der Waals surface area contributed by atoms with Crippen molar-refractivity contribution in [2.24, 2.45) is 0 Å². The molecule has 12 heteroatoms. The highest BCUT2D eigenvalue weighted by molar-refractivity contribution is 5.78. The topological polar surface area (TPSA) is 101 Å². The lowest BCUT2D eigenvalue weighted by atomic mass is 10.2. The first kappa shape index (κ1) is 37.2. The number of hydrogen-bond donors (Lipinski definition) is 0. The van der Waals surface area contributed by atoms with Gasteiger partial charge in [0, 0.05) is 38.9 Å². The summed E-state index contributed by atoms with van der Waals surface area (Å²) >= 11 is 0. The summed E-state index contributed by atoms with van der Waals surface area (Å²) in [4.78, 5) is 18.3. The van der Waals surface area contributed by atoms with Crippen LogP contribution >= 0.6 is 0 Å². The van der Waals surface area contributed by atoms with Gasteiger partial charge in [-0.2, -0.15) is 0 Å². The van der Waals surface area contributed by atoms with E-state index in [0.717, 1.165) is 34.8 Å². The first-order valence-corrected chi connectivity index (χ1v) is 17.5. The van der Waals surface area contributed by atoms with Crippen LogP contribution < -0.4 is 28.9 Å². The number of fused-ring (bicyclic) bond motifs is 20. The van der Waals surface area contributed by atoms with Crippen molar-refractivity contribution in [3.63, 3.8) is 0 Å². The van der Waals surface area contributed by atoms with Crippen LogP contribution in [-0.4, -0.2) is 132 Å². The Hall–Kier alpha value is -4.07. The quantitative estimate of drug-likeness (QED) is 0.210. The lowest BCUT2D eigenvalue weighted by Crippen LogP contribution is -2.34. The van der Waals surface area contributed by atoms with E-state index in [1.54, 1.807) is 19.2 Å². The smallest absolute Gasteiger partial charge is 0.150 e. The van der Waals surface area contributed by atoms with Crippen LogP contribution in [0.15, 0.2) is 66.7 Å². The zero-order valence-electron chi connectivity index (χ0n) is 29.2. The van der Waals surface area contributed by atoms with Crippen LogP contribution in [0, 0.1) is 0 Å². The maximum Gasteiger partial charge on any atom is 0.150 e. The van der Waals surface area contributed by atoms with Gasteiger partial charge in [0.1, 0.15) is 43.4 Å². The van der Waals surface area contributed by atoms with Crippen molar-refractivity contribution in [3.05, 3.63) is 72.3 Å². The maximum atomic E-state index is 11.7. The predicted molar refractivity (Wildman–Crippen MR) is 193 cm³/mol. The Morgan fingerprint density at radius 3 is 1.50 bits per heavy atom. The van der Waals surface area contributed by atoms with Crippen molar-refractivity contribution < 1.29 is 42.7 Å². The molecular formula is C38H51N3O9. The van der Waals surface area contributed by atoms with Gasteiger partial charge in [-0.15, -0.1) is 0 Å². The van der Waals surface area contributed by atoms with Crippen LogP contribution in [0.3, 0.4) is 0 Å². The predicted octanol–water partition coefficient (Wildman–Crippen LogP) is 4.20. The van der Waals surface area contributed by atoms with Gasteiger partial charge in [-0.1, -0.05) is 24.3 Å². The maximum absolute atomic E-state index is 11.7. The molecule has 0 spiro atoms. The van der Waals surface area contributed by atoms with Crippen LogP contribution in [0.2, 0.25) is 0 Å². The van der Waals surface area contributed by atoms with E-state index in [9.17, 15) is 4.79 Å². The van der Waals surface area contributed by atoms with Crippen molar-refractivity contribution in [3.8, 4) is 17.2 Å². The second kappa shape index (κ2) is 21.2. The van der Waals surface area contributed by atoms with Gasteiger partial charge >= 0.3 is 0 Å². The standard InChI is InChI=1S/C38H51N3O9/c1-43-24-29-50-38-30-32(31-42)10-11-35(38)41-16-22-48-36-8-4-2-6-33(36)39-12-18-44-25-27-46-20-14-40(15-21-47-28-26-45-19-13-39)34-7-3-5-9-37(34)49-23-17-41/h2-11,30-31H,12-29H2,1H3. The molecule has 272 valence electrons. The first-order valence-electron chi connectivity index (χ1n) is 17.5. The third kappa shape index (κ3) is 11.5. The van der Waals surface area contributed by atoms with Crippen LogP contribution in [-0.2, 0) is 23.7 Å². The molecule has 0 atom stereocenters. The fourth-order valence-electron chi connectivity index (χ4n) is 5.83. The second-order valence-corrected chi connectivity index (χ2v) is 11.7. The first-order chi connectivity index (χ1) is 24.8. The van der Waals surface area contributed by atoms with Crippen molar-refractivity contribution in [2.75, 3.05) is 140 Å². The summed E-state index contributed by atoms with van der Waals surface area (Å²) in [5.41, 5.74) is 3.31. The highest BCUT2D eigenvalue weighted by atomic mass is 16.5. The molecule has 1 saturated heterocycles. The SMILES string of the molecule is COCCOc1cc(C=O)ccc1N1CCOc2ccccc2N2CCOCCOCCN(CCOCCOCC2)c2ccccc2OCC1. The van der Waals surface area contributed by atoms with Crippen LogP contribution in [0.1, 0.15) is 10.4 Å². The Bertz CT molecular complexity index is 1330. The number of methoxy groups -OCH3 is 1. The number of aldehydes is 1. The Labute approximate surface area is 295 Å². The summed E-state index contributed by atoms with van der Waals surface area (Å²) in [5.74, 6) is 2.14. The Morgan fingerprint density at radius 2 is 1.02 bits per heavy atom. The van der Waals surface area contributed by atoms with Gasteiger partial charge in [0.25, 0.3) is 0 Å². The number of nitrogens with zero attached hydrogens (tertiary/aromatic N) is 3. The van der Waals surface area contributed by atoms with Gasteiger partial charge in [0.05, 0.1) is 89.6 Å². The number of anilines is 3. The lowest BCUT2D eigenvalue weighted by molar-refractivity contribution is 0.0435. The highest BCUT2D eigenvalue weighted by Gasteiger charge is 2.18. The number of carbonyl (C=O) groups excluding carboxylic acids is 1. The Kier molecular flexibility index (Phi) is 15.8. The molecule has 0 aromatic heterocycles. The van der Waals surface area contributed by atoms with E-state index in [1.165, 1.54) is 0 Å². The molecule has 0 amide bonds. The molecule has 0 N–H and O–H groups in total.